The molecular formula is C20H37NO4. The van der Waals surface area contributed by atoms with Gasteiger partial charge in [0, 0.05) is 0 Å². The van der Waals surface area contributed by atoms with Crippen molar-refractivity contribution >= 4 is 12.1 Å². The maximum atomic E-state index is 12.2. The number of esters is 1. The molecule has 0 heterocycles. The molecule has 0 saturated heterocycles. The summed E-state index contributed by atoms with van der Waals surface area (Å²) < 4.78 is 10.2. The highest BCUT2D eigenvalue weighted by molar-refractivity contribution is 5.81. The van der Waals surface area contributed by atoms with Crippen LogP contribution in [0.5, 0.6) is 0 Å². The minimum Gasteiger partial charge on any atom is -0.464 e. The first-order valence-corrected chi connectivity index (χ1v) is 9.86. The maximum absolute atomic E-state index is 12.2. The van der Waals surface area contributed by atoms with Crippen molar-refractivity contribution in [1.29, 1.82) is 0 Å². The van der Waals surface area contributed by atoms with Crippen LogP contribution in [0.4, 0.5) is 4.79 Å². The molecule has 5 nitrogen and oxygen atoms in total. The van der Waals surface area contributed by atoms with Crippen molar-refractivity contribution in [2.45, 2.75) is 90.5 Å². The maximum Gasteiger partial charge on any atom is 0.408 e. The van der Waals surface area contributed by atoms with E-state index in [-0.39, 0.29) is 12.6 Å². The van der Waals surface area contributed by atoms with Crippen LogP contribution in [-0.4, -0.2) is 31.3 Å². The van der Waals surface area contributed by atoms with Gasteiger partial charge in [0.1, 0.15) is 12.6 Å². The summed E-state index contributed by atoms with van der Waals surface area (Å²) in [6.45, 7) is 8.37. The number of nitrogens with one attached hydrogen (secondary N) is 1. The van der Waals surface area contributed by atoms with Gasteiger partial charge in [0.15, 0.2) is 0 Å². The Kier molecular flexibility index (Phi) is 16.3. The van der Waals surface area contributed by atoms with Crippen molar-refractivity contribution in [3.8, 4) is 0 Å². The second kappa shape index (κ2) is 17.3. The van der Waals surface area contributed by atoms with Gasteiger partial charge in [-0.1, -0.05) is 84.3 Å². The molecule has 1 unspecified atom stereocenters. The third-order valence-electron chi connectivity index (χ3n) is 4.00. The largest absolute Gasteiger partial charge is 0.464 e. The van der Waals surface area contributed by atoms with E-state index in [0.29, 0.717) is 13.0 Å². The van der Waals surface area contributed by atoms with E-state index in [1.807, 2.05) is 0 Å². The van der Waals surface area contributed by atoms with Crippen molar-refractivity contribution in [3.05, 3.63) is 12.7 Å². The Morgan fingerprint density at radius 1 is 0.920 bits per heavy atom. The normalized spacial score (nSPS) is 11.6. The monoisotopic (exact) mass is 355 g/mol. The lowest BCUT2D eigenvalue weighted by Gasteiger charge is -2.17. The summed E-state index contributed by atoms with van der Waals surface area (Å²) in [6, 6.07) is -0.630. The minimum atomic E-state index is -0.630. The van der Waals surface area contributed by atoms with Crippen LogP contribution in [0, 0.1) is 0 Å². The average molecular weight is 356 g/mol. The molecule has 0 aliphatic rings. The predicted molar refractivity (Wildman–Crippen MR) is 102 cm³/mol. The van der Waals surface area contributed by atoms with Gasteiger partial charge < -0.3 is 14.8 Å². The highest BCUT2D eigenvalue weighted by atomic mass is 16.6. The summed E-state index contributed by atoms with van der Waals surface area (Å²) in [7, 11) is 0. The molecule has 0 spiro atoms. The number of carbonyl (C=O) groups excluding carboxylic acids is 2. The third kappa shape index (κ3) is 14.5. The Morgan fingerprint density at radius 2 is 1.52 bits per heavy atom. The number of rotatable bonds is 16. The van der Waals surface area contributed by atoms with Gasteiger partial charge in [0.05, 0.1) is 6.61 Å². The van der Waals surface area contributed by atoms with Crippen LogP contribution in [0.1, 0.15) is 84.5 Å². The Morgan fingerprint density at radius 3 is 2.16 bits per heavy atom. The zero-order valence-electron chi connectivity index (χ0n) is 16.2. The van der Waals surface area contributed by atoms with Crippen LogP contribution < -0.4 is 5.32 Å². The van der Waals surface area contributed by atoms with Crippen molar-refractivity contribution in [1.82, 2.24) is 5.32 Å². The molecule has 146 valence electrons. The van der Waals surface area contributed by atoms with E-state index in [1.54, 1.807) is 0 Å². The fourth-order valence-corrected chi connectivity index (χ4v) is 2.50. The van der Waals surface area contributed by atoms with Crippen LogP contribution >= 0.6 is 0 Å². The number of alkyl carbamates (subject to hydrolysis) is 1. The SMILES string of the molecule is C=CCOC(=O)NC(CCCCCC)C(=O)OCCCCCCCC. The summed E-state index contributed by atoms with van der Waals surface area (Å²) >= 11 is 0. The number of ether oxygens (including phenoxy) is 2. The second-order valence-electron chi connectivity index (χ2n) is 6.37. The molecular weight excluding hydrogens is 318 g/mol. The molecule has 0 aromatic rings. The molecule has 1 N–H and O–H groups in total. The molecule has 0 aromatic heterocycles. The molecule has 1 atom stereocenters. The van der Waals surface area contributed by atoms with E-state index in [4.69, 9.17) is 9.47 Å². The van der Waals surface area contributed by atoms with Gasteiger partial charge in [-0.3, -0.25) is 0 Å². The molecule has 0 saturated carbocycles. The summed E-state index contributed by atoms with van der Waals surface area (Å²) in [5, 5.41) is 2.61. The average Bonchev–Trinajstić information content (AvgIpc) is 2.61. The minimum absolute atomic E-state index is 0.126. The van der Waals surface area contributed by atoms with Crippen molar-refractivity contribution in [2.24, 2.45) is 0 Å². The number of hydrogen-bond acceptors (Lipinski definition) is 4. The summed E-state index contributed by atoms with van der Waals surface area (Å²) in [6.07, 6.45) is 12.5. The Labute approximate surface area is 153 Å². The number of amides is 1. The second-order valence-corrected chi connectivity index (χ2v) is 6.37. The van der Waals surface area contributed by atoms with Crippen LogP contribution in [0.25, 0.3) is 0 Å². The zero-order valence-corrected chi connectivity index (χ0v) is 16.2. The lowest BCUT2D eigenvalue weighted by atomic mass is 10.1. The van der Waals surface area contributed by atoms with Crippen LogP contribution in [-0.2, 0) is 14.3 Å². The standard InChI is InChI=1S/C20H37NO4/c1-4-7-9-11-12-14-17-24-19(22)18(15-13-10-8-5-2)21-20(23)25-16-6-3/h6,18H,3-5,7-17H2,1-2H3,(H,21,23). The van der Waals surface area contributed by atoms with Gasteiger partial charge >= 0.3 is 12.1 Å². The number of unbranched alkanes of at least 4 members (excludes halogenated alkanes) is 8. The zero-order chi connectivity index (χ0) is 18.8. The third-order valence-corrected chi connectivity index (χ3v) is 4.00. The topological polar surface area (TPSA) is 64.6 Å². The van der Waals surface area contributed by atoms with E-state index < -0.39 is 12.1 Å². The van der Waals surface area contributed by atoms with Gasteiger partial charge in [-0.2, -0.15) is 0 Å². The molecule has 0 rings (SSSR count). The van der Waals surface area contributed by atoms with E-state index in [0.717, 1.165) is 38.5 Å². The molecule has 0 fully saturated rings. The van der Waals surface area contributed by atoms with Crippen molar-refractivity contribution < 1.29 is 19.1 Å². The quantitative estimate of drug-likeness (QED) is 0.236. The highest BCUT2D eigenvalue weighted by Crippen LogP contribution is 2.09. The lowest BCUT2D eigenvalue weighted by Crippen LogP contribution is -2.42. The van der Waals surface area contributed by atoms with Crippen molar-refractivity contribution in [3.63, 3.8) is 0 Å². The van der Waals surface area contributed by atoms with Gasteiger partial charge in [-0.05, 0) is 12.8 Å². The molecule has 5 heteroatoms. The smallest absolute Gasteiger partial charge is 0.408 e. The van der Waals surface area contributed by atoms with E-state index >= 15 is 0 Å². The summed E-state index contributed by atoms with van der Waals surface area (Å²) in [5.74, 6) is -0.361. The number of hydrogen-bond donors (Lipinski definition) is 1. The Balaban J connectivity index is 4.15. The van der Waals surface area contributed by atoms with Crippen molar-refractivity contribution in [2.75, 3.05) is 13.2 Å². The molecule has 0 bridgehead atoms. The highest BCUT2D eigenvalue weighted by Gasteiger charge is 2.22. The molecule has 1 amide bonds. The Bertz CT molecular complexity index is 358. The first kappa shape index (κ1) is 23.5. The van der Waals surface area contributed by atoms with Crippen LogP contribution in [0.2, 0.25) is 0 Å². The van der Waals surface area contributed by atoms with Crippen LogP contribution in [0.3, 0.4) is 0 Å². The fourth-order valence-electron chi connectivity index (χ4n) is 2.50. The molecule has 0 aliphatic carbocycles. The van der Waals surface area contributed by atoms with Gasteiger partial charge in [0.25, 0.3) is 0 Å². The van der Waals surface area contributed by atoms with E-state index in [2.05, 4.69) is 25.7 Å². The molecule has 25 heavy (non-hydrogen) atoms. The van der Waals surface area contributed by atoms with Gasteiger partial charge in [0.2, 0.25) is 0 Å². The first-order chi connectivity index (χ1) is 12.2. The number of carbonyl (C=O) groups is 2. The fraction of sp³-hybridized carbons (Fsp3) is 0.800. The molecule has 0 radical (unpaired) electrons. The summed E-state index contributed by atoms with van der Waals surface area (Å²) in [4.78, 5) is 23.9. The van der Waals surface area contributed by atoms with Gasteiger partial charge in [-0.15, -0.1) is 0 Å². The summed E-state index contributed by atoms with van der Waals surface area (Å²) in [5.41, 5.74) is 0. The lowest BCUT2D eigenvalue weighted by molar-refractivity contribution is -0.146. The molecule has 0 aromatic carbocycles. The van der Waals surface area contributed by atoms with E-state index in [9.17, 15) is 9.59 Å². The Hall–Kier alpha value is -1.52. The van der Waals surface area contributed by atoms with E-state index in [1.165, 1.54) is 31.8 Å². The predicted octanol–water partition coefficient (Wildman–Crippen LogP) is 5.14. The van der Waals surface area contributed by atoms with Crippen LogP contribution in [0.15, 0.2) is 12.7 Å². The van der Waals surface area contributed by atoms with Gasteiger partial charge in [-0.25, -0.2) is 9.59 Å². The molecule has 0 aliphatic heterocycles. The first-order valence-electron chi connectivity index (χ1n) is 9.86.